The first-order valence-corrected chi connectivity index (χ1v) is 19.8. The van der Waals surface area contributed by atoms with Crippen LogP contribution in [0.1, 0.15) is 77.1 Å². The van der Waals surface area contributed by atoms with E-state index < -0.39 is 17.6 Å². The van der Waals surface area contributed by atoms with Crippen molar-refractivity contribution in [2.45, 2.75) is 69.2 Å². The Morgan fingerprint density at radius 2 is 1.70 bits per heavy atom. The highest BCUT2D eigenvalue weighted by Gasteiger charge is 2.41. The molecule has 2 aromatic heterocycles. The molecular formula is C44H46N8O5. The maximum Gasteiger partial charge on any atom is 0.255 e. The van der Waals surface area contributed by atoms with Crippen molar-refractivity contribution in [1.82, 2.24) is 30.1 Å². The number of methoxy groups -OCH3 is 1. The van der Waals surface area contributed by atoms with Gasteiger partial charge in [-0.25, -0.2) is 15.0 Å². The minimum atomic E-state index is -0.982. The van der Waals surface area contributed by atoms with Gasteiger partial charge in [0.15, 0.2) is 0 Å². The standard InChI is InChI=1S/C44H46N8O5/c1-57-35-9-4-31-25-46-43(47-37(31)23-35)48-39-12-5-30(24-45-39)29-14-18-51(19-15-29)34-7-2-28(3-8-34)26-50-20-16-44(56,17-21-50)33-6-10-36-32(22-33)27-52(42(36)55)38-11-13-40(53)49-41(38)54/h2-10,12,22-25,29,38,56H,11,13-21,26-27H2,1H3,(H,49,53,54)(H,45,46,47,48). The molecule has 1 unspecified atom stereocenters. The molecule has 4 aliphatic heterocycles. The number of ether oxygens (including phenoxy) is 1. The molecule has 3 amide bonds. The molecule has 9 rings (SSSR count). The van der Waals surface area contributed by atoms with Crippen LogP contribution in [-0.2, 0) is 28.3 Å². The van der Waals surface area contributed by atoms with E-state index in [2.05, 4.69) is 65.7 Å². The lowest BCUT2D eigenvalue weighted by atomic mass is 9.83. The minimum absolute atomic E-state index is 0.201. The predicted octanol–water partition coefficient (Wildman–Crippen LogP) is 5.41. The van der Waals surface area contributed by atoms with Crippen molar-refractivity contribution in [2.75, 3.05) is 43.5 Å². The molecule has 1 atom stereocenters. The average Bonchev–Trinajstić information content (AvgIpc) is 3.57. The molecule has 3 fully saturated rings. The number of aliphatic hydroxyl groups is 1. The summed E-state index contributed by atoms with van der Waals surface area (Å²) in [5.74, 6) is 1.48. The zero-order chi connectivity index (χ0) is 39.1. The lowest BCUT2D eigenvalue weighted by Crippen LogP contribution is -2.52. The second kappa shape index (κ2) is 15.2. The summed E-state index contributed by atoms with van der Waals surface area (Å²) in [6, 6.07) is 23.7. The summed E-state index contributed by atoms with van der Waals surface area (Å²) in [6.07, 6.45) is 7.60. The van der Waals surface area contributed by atoms with Gasteiger partial charge in [0.2, 0.25) is 17.8 Å². The highest BCUT2D eigenvalue weighted by Crippen LogP contribution is 2.37. The van der Waals surface area contributed by atoms with Crippen molar-refractivity contribution >= 4 is 46.1 Å². The summed E-state index contributed by atoms with van der Waals surface area (Å²) in [6.45, 7) is 4.59. The Labute approximate surface area is 331 Å². The summed E-state index contributed by atoms with van der Waals surface area (Å²) >= 11 is 0. The third kappa shape index (κ3) is 7.52. The van der Waals surface area contributed by atoms with E-state index in [1.165, 1.54) is 16.8 Å². The van der Waals surface area contributed by atoms with Crippen LogP contribution >= 0.6 is 0 Å². The molecule has 5 aromatic rings. The van der Waals surface area contributed by atoms with E-state index in [0.717, 1.165) is 73.3 Å². The van der Waals surface area contributed by atoms with E-state index in [4.69, 9.17) is 4.74 Å². The maximum absolute atomic E-state index is 13.2. The van der Waals surface area contributed by atoms with E-state index in [-0.39, 0.29) is 18.2 Å². The van der Waals surface area contributed by atoms with E-state index >= 15 is 0 Å². The molecule has 0 aliphatic carbocycles. The topological polar surface area (TPSA) is 153 Å². The van der Waals surface area contributed by atoms with E-state index in [0.29, 0.717) is 49.1 Å². The number of piperidine rings is 3. The maximum atomic E-state index is 13.2. The third-order valence-corrected chi connectivity index (χ3v) is 12.2. The molecule has 13 heteroatoms. The molecular weight excluding hydrogens is 721 g/mol. The first kappa shape index (κ1) is 36.7. The first-order chi connectivity index (χ1) is 27.7. The van der Waals surface area contributed by atoms with Gasteiger partial charge in [-0.15, -0.1) is 0 Å². The van der Waals surface area contributed by atoms with Gasteiger partial charge in [0.25, 0.3) is 5.91 Å². The number of hydrogen-bond donors (Lipinski definition) is 3. The number of anilines is 3. The van der Waals surface area contributed by atoms with Gasteiger partial charge in [-0.05, 0) is 96.7 Å². The molecule has 292 valence electrons. The van der Waals surface area contributed by atoms with Gasteiger partial charge in [0.05, 0.1) is 18.2 Å². The molecule has 0 saturated carbocycles. The second-order valence-electron chi connectivity index (χ2n) is 15.7. The quantitative estimate of drug-likeness (QED) is 0.165. The number of nitrogens with one attached hydrogen (secondary N) is 2. The summed E-state index contributed by atoms with van der Waals surface area (Å²) in [5.41, 5.74) is 5.74. The van der Waals surface area contributed by atoms with Crippen molar-refractivity contribution in [3.05, 3.63) is 113 Å². The normalized spacial score (nSPS) is 20.1. The van der Waals surface area contributed by atoms with Crippen LogP contribution in [0.25, 0.3) is 10.9 Å². The van der Waals surface area contributed by atoms with Crippen LogP contribution in [0, 0.1) is 0 Å². The molecule has 6 heterocycles. The van der Waals surface area contributed by atoms with Gasteiger partial charge in [0, 0.05) is 80.8 Å². The first-order valence-electron chi connectivity index (χ1n) is 19.8. The Hall–Kier alpha value is -5.92. The summed E-state index contributed by atoms with van der Waals surface area (Å²) in [4.78, 5) is 57.4. The van der Waals surface area contributed by atoms with Gasteiger partial charge in [-0.3, -0.25) is 24.6 Å². The number of rotatable bonds is 9. The number of fused-ring (bicyclic) bond motifs is 2. The lowest BCUT2D eigenvalue weighted by molar-refractivity contribution is -0.136. The van der Waals surface area contributed by atoms with Crippen LogP contribution in [0.4, 0.5) is 17.5 Å². The number of amides is 3. The number of aromatic nitrogens is 3. The van der Waals surface area contributed by atoms with Crippen LogP contribution in [0.15, 0.2) is 85.2 Å². The van der Waals surface area contributed by atoms with Gasteiger partial charge >= 0.3 is 0 Å². The highest BCUT2D eigenvalue weighted by atomic mass is 16.5. The Balaban J connectivity index is 0.745. The van der Waals surface area contributed by atoms with E-state index in [1.54, 1.807) is 24.3 Å². The molecule has 13 nitrogen and oxygen atoms in total. The number of likely N-dealkylation sites (tertiary alicyclic amines) is 1. The van der Waals surface area contributed by atoms with Crippen molar-refractivity contribution in [3.8, 4) is 5.75 Å². The van der Waals surface area contributed by atoms with Crippen molar-refractivity contribution < 1.29 is 24.2 Å². The minimum Gasteiger partial charge on any atom is -0.497 e. The molecule has 3 saturated heterocycles. The van der Waals surface area contributed by atoms with Gasteiger partial charge in [0.1, 0.15) is 17.6 Å². The molecule has 0 radical (unpaired) electrons. The number of hydrogen-bond acceptors (Lipinski definition) is 11. The monoisotopic (exact) mass is 766 g/mol. The fourth-order valence-electron chi connectivity index (χ4n) is 8.80. The van der Waals surface area contributed by atoms with Crippen molar-refractivity contribution in [2.24, 2.45) is 0 Å². The summed E-state index contributed by atoms with van der Waals surface area (Å²) < 4.78 is 5.33. The smallest absolute Gasteiger partial charge is 0.255 e. The molecule has 3 aromatic carbocycles. The zero-order valence-corrected chi connectivity index (χ0v) is 32.0. The lowest BCUT2D eigenvalue weighted by Gasteiger charge is -2.39. The average molecular weight is 767 g/mol. The van der Waals surface area contributed by atoms with E-state index in [1.807, 2.05) is 42.6 Å². The Kier molecular flexibility index (Phi) is 9.79. The fourth-order valence-corrected chi connectivity index (χ4v) is 8.80. The van der Waals surface area contributed by atoms with E-state index in [9.17, 15) is 19.5 Å². The fraction of sp³-hybridized carbons (Fsp3) is 0.364. The summed E-state index contributed by atoms with van der Waals surface area (Å²) in [5, 5.41) is 18.3. The van der Waals surface area contributed by atoms with Crippen LogP contribution < -0.4 is 20.3 Å². The van der Waals surface area contributed by atoms with Gasteiger partial charge in [-0.1, -0.05) is 30.3 Å². The van der Waals surface area contributed by atoms with Crippen LogP contribution in [-0.4, -0.2) is 86.9 Å². The zero-order valence-electron chi connectivity index (χ0n) is 32.0. The molecule has 3 N–H and O–H groups in total. The molecule has 0 spiro atoms. The molecule has 0 bridgehead atoms. The number of pyridine rings is 1. The second-order valence-corrected chi connectivity index (χ2v) is 15.7. The Bertz CT molecular complexity index is 2320. The van der Waals surface area contributed by atoms with Gasteiger partial charge < -0.3 is 25.0 Å². The Morgan fingerprint density at radius 3 is 2.44 bits per heavy atom. The van der Waals surface area contributed by atoms with Crippen molar-refractivity contribution in [1.29, 1.82) is 0 Å². The predicted molar refractivity (Wildman–Crippen MR) is 215 cm³/mol. The number of imide groups is 1. The number of nitrogens with zero attached hydrogens (tertiary/aromatic N) is 6. The third-order valence-electron chi connectivity index (χ3n) is 12.2. The van der Waals surface area contributed by atoms with Crippen LogP contribution in [0.2, 0.25) is 0 Å². The summed E-state index contributed by atoms with van der Waals surface area (Å²) in [7, 11) is 1.64. The van der Waals surface area contributed by atoms with Crippen LogP contribution in [0.3, 0.4) is 0 Å². The largest absolute Gasteiger partial charge is 0.497 e. The highest BCUT2D eigenvalue weighted by molar-refractivity contribution is 6.05. The number of carbonyl (C=O) groups excluding carboxylic acids is 3. The van der Waals surface area contributed by atoms with Gasteiger partial charge in [-0.2, -0.15) is 0 Å². The van der Waals surface area contributed by atoms with Crippen LogP contribution in [0.5, 0.6) is 5.75 Å². The number of carbonyl (C=O) groups is 3. The Morgan fingerprint density at radius 1 is 0.895 bits per heavy atom. The molecule has 4 aliphatic rings. The SMILES string of the molecule is COc1ccc2cnc(Nc3ccc(C4CCN(c5ccc(CN6CCC(O)(c7ccc8c(c7)CN(C7CCC(=O)NC7=O)C8=O)CC6)cc5)CC4)cn3)nc2c1. The van der Waals surface area contributed by atoms with Crippen molar-refractivity contribution in [3.63, 3.8) is 0 Å². The number of benzene rings is 3. The molecule has 57 heavy (non-hydrogen) atoms.